The fourth-order valence-corrected chi connectivity index (χ4v) is 1.15. The Morgan fingerprint density at radius 3 is 2.12 bits per heavy atom. The summed E-state index contributed by atoms with van der Waals surface area (Å²) in [7, 11) is 0.933. The van der Waals surface area contributed by atoms with Crippen LogP contribution in [0.3, 0.4) is 0 Å². The second-order valence-electron chi connectivity index (χ2n) is 1.43. The minimum Gasteiger partial charge on any atom is -0.0622 e. The lowest BCUT2D eigenvalue weighted by Crippen LogP contribution is -1.84. The van der Waals surface area contributed by atoms with E-state index >= 15 is 0 Å². The molecule has 1 rings (SSSR count). The molecule has 0 saturated heterocycles. The molecule has 0 nitrogen and oxygen atoms in total. The third-order valence-corrected chi connectivity index (χ3v) is 2.00. The Morgan fingerprint density at radius 1 is 1.12 bits per heavy atom. The molecular weight excluding hydrogens is 135 g/mol. The summed E-state index contributed by atoms with van der Waals surface area (Å²) in [4.78, 5) is 0. The fourth-order valence-electron chi connectivity index (χ4n) is 0.489. The quantitative estimate of drug-likeness (QED) is 0.535. The minimum absolute atomic E-state index is 0.933. The highest BCUT2D eigenvalue weighted by Crippen LogP contribution is 1.92. The third-order valence-electron chi connectivity index (χ3n) is 0.862. The van der Waals surface area contributed by atoms with E-state index in [2.05, 4.69) is 0 Å². The first-order valence-corrected chi connectivity index (χ1v) is 4.22. The van der Waals surface area contributed by atoms with Gasteiger partial charge in [0.15, 0.2) is 0 Å². The van der Waals surface area contributed by atoms with Crippen LogP contribution < -0.4 is 5.30 Å². The molecule has 0 saturated carbocycles. The first kappa shape index (κ1) is 5.87. The number of hydrogen-bond acceptors (Lipinski definition) is 1. The van der Waals surface area contributed by atoms with Gasteiger partial charge in [-0.05, 0) is 12.1 Å². The number of benzene rings is 1. The van der Waals surface area contributed by atoms with Gasteiger partial charge in [-0.3, -0.25) is 0 Å². The van der Waals surface area contributed by atoms with Crippen molar-refractivity contribution in [3.63, 3.8) is 0 Å². The Kier molecular flexibility index (Phi) is 2.13. The molecule has 8 heavy (non-hydrogen) atoms. The summed E-state index contributed by atoms with van der Waals surface area (Å²) >= 11 is 4.79. The van der Waals surface area contributed by atoms with Crippen LogP contribution in [0.5, 0.6) is 0 Å². The maximum Gasteiger partial charge on any atom is 0.0127 e. The van der Waals surface area contributed by atoms with E-state index < -0.39 is 0 Å². The van der Waals surface area contributed by atoms with Gasteiger partial charge in [-0.2, -0.15) is 0 Å². The zero-order valence-corrected chi connectivity index (χ0v) is 5.95. The smallest absolute Gasteiger partial charge is 0.0127 e. The maximum atomic E-state index is 4.79. The van der Waals surface area contributed by atoms with Crippen LogP contribution in [-0.2, 0) is 11.8 Å². The average molecular weight is 140 g/mol. The molecular formula is C6H5PS. The monoisotopic (exact) mass is 140 g/mol. The van der Waals surface area contributed by atoms with Gasteiger partial charge in [0.1, 0.15) is 0 Å². The van der Waals surface area contributed by atoms with E-state index in [4.69, 9.17) is 11.8 Å². The number of hydrogen-bond donors (Lipinski definition) is 0. The van der Waals surface area contributed by atoms with Crippen LogP contribution in [0.1, 0.15) is 0 Å². The van der Waals surface area contributed by atoms with Gasteiger partial charge in [0, 0.05) is 12.7 Å². The summed E-state index contributed by atoms with van der Waals surface area (Å²) < 4.78 is 0. The molecule has 1 aromatic rings. The van der Waals surface area contributed by atoms with Gasteiger partial charge < -0.3 is 0 Å². The standard InChI is InChI=1S/C6H5PS/c8-7-6-4-2-1-3-5-6/h1-5H. The number of rotatable bonds is 1. The summed E-state index contributed by atoms with van der Waals surface area (Å²) in [5, 5.41) is 1.20. The van der Waals surface area contributed by atoms with Crippen LogP contribution in [-0.4, -0.2) is 0 Å². The summed E-state index contributed by atoms with van der Waals surface area (Å²) in [5.41, 5.74) is 0. The molecule has 0 amide bonds. The second-order valence-corrected chi connectivity index (χ2v) is 2.67. The molecule has 0 unspecified atom stereocenters. The minimum atomic E-state index is 0.933. The molecule has 0 radical (unpaired) electrons. The van der Waals surface area contributed by atoms with Gasteiger partial charge in [0.25, 0.3) is 0 Å². The predicted octanol–water partition coefficient (Wildman–Crippen LogP) is 1.72. The fraction of sp³-hybridized carbons (Fsp3) is 0. The van der Waals surface area contributed by atoms with E-state index in [9.17, 15) is 0 Å². The topological polar surface area (TPSA) is 0 Å². The summed E-state index contributed by atoms with van der Waals surface area (Å²) in [6.07, 6.45) is 0. The van der Waals surface area contributed by atoms with Crippen LogP contribution in [0.2, 0.25) is 0 Å². The Bertz CT molecular complexity index is 171. The Labute approximate surface area is 55.4 Å². The van der Waals surface area contributed by atoms with Crippen LogP contribution in [0.25, 0.3) is 0 Å². The lowest BCUT2D eigenvalue weighted by molar-refractivity contribution is 1.78. The van der Waals surface area contributed by atoms with Gasteiger partial charge >= 0.3 is 0 Å². The summed E-state index contributed by atoms with van der Waals surface area (Å²) in [6.45, 7) is 0. The lowest BCUT2D eigenvalue weighted by Gasteiger charge is -1.82. The van der Waals surface area contributed by atoms with Crippen molar-refractivity contribution in [3.8, 4) is 0 Å². The van der Waals surface area contributed by atoms with Crippen molar-refractivity contribution >= 4 is 24.5 Å². The van der Waals surface area contributed by atoms with Gasteiger partial charge in [0.05, 0.1) is 0 Å². The van der Waals surface area contributed by atoms with Gasteiger partial charge in [-0.1, -0.05) is 30.0 Å². The van der Waals surface area contributed by atoms with Crippen molar-refractivity contribution in [2.24, 2.45) is 0 Å². The molecule has 0 N–H and O–H groups in total. The molecule has 0 aliphatic heterocycles. The average Bonchev–Trinajstić information content (AvgIpc) is 1.90. The molecule has 0 bridgehead atoms. The molecule has 0 aromatic heterocycles. The summed E-state index contributed by atoms with van der Waals surface area (Å²) in [6, 6.07) is 10.0. The van der Waals surface area contributed by atoms with Crippen LogP contribution in [0, 0.1) is 0 Å². The Balaban J connectivity index is 2.99. The highest BCUT2D eigenvalue weighted by Gasteiger charge is 1.78. The van der Waals surface area contributed by atoms with Crippen molar-refractivity contribution < 1.29 is 0 Å². The first-order chi connectivity index (χ1) is 3.93. The van der Waals surface area contributed by atoms with Crippen LogP contribution in [0.4, 0.5) is 0 Å². The van der Waals surface area contributed by atoms with Crippen LogP contribution in [0.15, 0.2) is 30.3 Å². The molecule has 0 atom stereocenters. The lowest BCUT2D eigenvalue weighted by atomic mass is 10.4. The normalized spacial score (nSPS) is 9.50. The van der Waals surface area contributed by atoms with E-state index in [1.807, 2.05) is 30.3 Å². The van der Waals surface area contributed by atoms with Crippen molar-refractivity contribution in [2.45, 2.75) is 0 Å². The first-order valence-electron chi connectivity index (χ1n) is 2.32. The predicted molar refractivity (Wildman–Crippen MR) is 40.4 cm³/mol. The van der Waals surface area contributed by atoms with E-state index in [1.54, 1.807) is 0 Å². The SMILES string of the molecule is S=Pc1ccccc1. The molecule has 0 spiro atoms. The third kappa shape index (κ3) is 1.36. The molecule has 0 aliphatic carbocycles. The van der Waals surface area contributed by atoms with Crippen molar-refractivity contribution in [3.05, 3.63) is 30.3 Å². The van der Waals surface area contributed by atoms with E-state index in [1.165, 1.54) is 5.30 Å². The maximum absolute atomic E-state index is 4.79. The van der Waals surface area contributed by atoms with Crippen molar-refractivity contribution in [1.29, 1.82) is 0 Å². The van der Waals surface area contributed by atoms with E-state index in [-0.39, 0.29) is 0 Å². The largest absolute Gasteiger partial charge is 0.0622 e. The molecule has 40 valence electrons. The van der Waals surface area contributed by atoms with E-state index in [0.717, 1.165) is 7.36 Å². The van der Waals surface area contributed by atoms with Crippen LogP contribution >= 0.6 is 7.36 Å². The Hall–Kier alpha value is -0.260. The molecule has 1 aromatic carbocycles. The highest BCUT2D eigenvalue weighted by molar-refractivity contribution is 7.99. The van der Waals surface area contributed by atoms with E-state index in [0.29, 0.717) is 0 Å². The second kappa shape index (κ2) is 2.91. The van der Waals surface area contributed by atoms with Gasteiger partial charge in [-0.15, -0.1) is 0 Å². The summed E-state index contributed by atoms with van der Waals surface area (Å²) in [5.74, 6) is 0. The Morgan fingerprint density at radius 2 is 1.75 bits per heavy atom. The molecule has 2 heteroatoms. The zero-order valence-electron chi connectivity index (χ0n) is 4.24. The molecule has 0 aliphatic rings. The van der Waals surface area contributed by atoms with Crippen molar-refractivity contribution in [2.75, 3.05) is 0 Å². The molecule has 0 fully saturated rings. The van der Waals surface area contributed by atoms with Crippen molar-refractivity contribution in [1.82, 2.24) is 0 Å². The zero-order chi connectivity index (χ0) is 5.82. The van der Waals surface area contributed by atoms with Gasteiger partial charge in [-0.25, -0.2) is 0 Å². The van der Waals surface area contributed by atoms with Gasteiger partial charge in [0.2, 0.25) is 0 Å². The highest BCUT2D eigenvalue weighted by atomic mass is 32.4. The molecule has 0 heterocycles.